The molecule has 0 bridgehead atoms. The zero-order valence-corrected chi connectivity index (χ0v) is 17.3. The maximum Gasteiger partial charge on any atom is 0.255 e. The van der Waals surface area contributed by atoms with Crippen LogP contribution in [0.5, 0.6) is 5.75 Å². The number of ether oxygens (including phenoxy) is 1. The molecule has 0 aliphatic heterocycles. The Labute approximate surface area is 175 Å². The van der Waals surface area contributed by atoms with Gasteiger partial charge in [-0.05, 0) is 49.2 Å². The van der Waals surface area contributed by atoms with Gasteiger partial charge in [0.2, 0.25) is 0 Å². The number of rotatable bonds is 8. The van der Waals surface area contributed by atoms with Gasteiger partial charge in [-0.25, -0.2) is 4.99 Å². The van der Waals surface area contributed by atoms with Gasteiger partial charge in [0.05, 0.1) is 12.6 Å². The summed E-state index contributed by atoms with van der Waals surface area (Å²) in [7, 11) is 0. The summed E-state index contributed by atoms with van der Waals surface area (Å²) in [5, 5.41) is 7.75. The lowest BCUT2D eigenvalue weighted by molar-refractivity contribution is -0.119. The lowest BCUT2D eigenvalue weighted by Gasteiger charge is -2.19. The summed E-state index contributed by atoms with van der Waals surface area (Å²) in [6.45, 7) is 4.99. The topological polar surface area (TPSA) is 88.7 Å². The average molecular weight is 423 g/mol. The summed E-state index contributed by atoms with van der Waals surface area (Å²) in [6.07, 6.45) is 0. The molecule has 0 radical (unpaired) electrons. The van der Waals surface area contributed by atoms with Crippen LogP contribution < -0.4 is 21.1 Å². The number of hydrogen-bond acceptors (Lipinski definition) is 3. The molecule has 8 heteroatoms. The van der Waals surface area contributed by atoms with E-state index in [9.17, 15) is 4.79 Å². The maximum absolute atomic E-state index is 10.8. The van der Waals surface area contributed by atoms with Crippen LogP contribution in [0.1, 0.15) is 31.0 Å². The highest BCUT2D eigenvalue weighted by Gasteiger charge is 2.12. The summed E-state index contributed by atoms with van der Waals surface area (Å²) >= 11 is 12.3. The third kappa shape index (κ3) is 6.94. The number of benzene rings is 2. The lowest BCUT2D eigenvalue weighted by atomic mass is 10.1. The molecule has 6 nitrogen and oxygen atoms in total. The third-order valence-corrected chi connectivity index (χ3v) is 4.39. The lowest BCUT2D eigenvalue weighted by Crippen LogP contribution is -2.38. The number of carbonyl (C=O) groups excluding carboxylic acids is 1. The van der Waals surface area contributed by atoms with Crippen LogP contribution in [0.3, 0.4) is 0 Å². The molecule has 28 heavy (non-hydrogen) atoms. The van der Waals surface area contributed by atoms with E-state index in [0.29, 0.717) is 34.8 Å². The molecule has 0 saturated heterocycles. The Morgan fingerprint density at radius 2 is 2.04 bits per heavy atom. The van der Waals surface area contributed by atoms with Crippen molar-refractivity contribution in [2.45, 2.75) is 26.4 Å². The zero-order chi connectivity index (χ0) is 20.5. The number of nitrogens with two attached hydrogens (primary N) is 1. The van der Waals surface area contributed by atoms with Gasteiger partial charge in [-0.2, -0.15) is 0 Å². The predicted octanol–water partition coefficient (Wildman–Crippen LogP) is 3.67. The van der Waals surface area contributed by atoms with Crippen LogP contribution in [0.15, 0.2) is 47.5 Å². The van der Waals surface area contributed by atoms with Crippen LogP contribution in [0, 0.1) is 0 Å². The van der Waals surface area contributed by atoms with Crippen molar-refractivity contribution in [1.29, 1.82) is 0 Å². The van der Waals surface area contributed by atoms with E-state index < -0.39 is 5.91 Å². The molecule has 0 saturated carbocycles. The third-order valence-electron chi connectivity index (χ3n) is 3.83. The van der Waals surface area contributed by atoms with Gasteiger partial charge in [-0.3, -0.25) is 4.79 Å². The zero-order valence-electron chi connectivity index (χ0n) is 15.8. The fourth-order valence-electron chi connectivity index (χ4n) is 2.51. The normalized spacial score (nSPS) is 12.4. The molecule has 1 atom stereocenters. The van der Waals surface area contributed by atoms with Crippen molar-refractivity contribution in [3.05, 3.63) is 63.6 Å². The molecule has 2 aromatic rings. The summed E-state index contributed by atoms with van der Waals surface area (Å²) in [4.78, 5) is 15.5. The van der Waals surface area contributed by atoms with Crippen molar-refractivity contribution in [3.63, 3.8) is 0 Å². The number of hydrogen-bond donors (Lipinski definition) is 3. The van der Waals surface area contributed by atoms with Crippen molar-refractivity contribution >= 4 is 35.1 Å². The summed E-state index contributed by atoms with van der Waals surface area (Å²) < 4.78 is 5.33. The molecule has 1 amide bonds. The Hall–Kier alpha value is -2.44. The van der Waals surface area contributed by atoms with Gasteiger partial charge in [0.25, 0.3) is 5.91 Å². The minimum atomic E-state index is -0.517. The van der Waals surface area contributed by atoms with Gasteiger partial charge < -0.3 is 21.1 Å². The number of amides is 1. The van der Waals surface area contributed by atoms with E-state index in [-0.39, 0.29) is 12.6 Å². The monoisotopic (exact) mass is 422 g/mol. The maximum atomic E-state index is 10.8. The number of carbonyl (C=O) groups is 1. The summed E-state index contributed by atoms with van der Waals surface area (Å²) in [5.41, 5.74) is 6.97. The Bertz CT molecular complexity index is 843. The second-order valence-corrected chi connectivity index (χ2v) is 6.97. The van der Waals surface area contributed by atoms with Crippen molar-refractivity contribution < 1.29 is 9.53 Å². The van der Waals surface area contributed by atoms with Crippen LogP contribution in [0.25, 0.3) is 0 Å². The Morgan fingerprint density at radius 3 is 2.71 bits per heavy atom. The van der Waals surface area contributed by atoms with Crippen LogP contribution in [0.4, 0.5) is 0 Å². The Kier molecular flexibility index (Phi) is 8.42. The molecule has 0 aliphatic rings. The number of guanidine groups is 1. The van der Waals surface area contributed by atoms with Crippen LogP contribution >= 0.6 is 23.2 Å². The molecule has 0 spiro atoms. The molecular formula is C20H24Cl2N4O2. The van der Waals surface area contributed by atoms with Crippen molar-refractivity contribution in [2.24, 2.45) is 10.7 Å². The molecule has 0 aliphatic carbocycles. The van der Waals surface area contributed by atoms with E-state index in [1.165, 1.54) is 0 Å². The number of nitrogens with one attached hydrogen (secondary N) is 2. The van der Waals surface area contributed by atoms with Crippen molar-refractivity contribution in [3.8, 4) is 5.75 Å². The fourth-order valence-corrected chi connectivity index (χ4v) is 3.09. The quantitative estimate of drug-likeness (QED) is 0.447. The van der Waals surface area contributed by atoms with Gasteiger partial charge in [0.1, 0.15) is 5.75 Å². The van der Waals surface area contributed by atoms with Crippen LogP contribution in [-0.4, -0.2) is 25.0 Å². The van der Waals surface area contributed by atoms with Crippen LogP contribution in [-0.2, 0) is 11.3 Å². The summed E-state index contributed by atoms with van der Waals surface area (Å²) in [5.74, 6) is 0.715. The highest BCUT2D eigenvalue weighted by Crippen LogP contribution is 2.26. The minimum Gasteiger partial charge on any atom is -0.484 e. The number of nitrogens with zero attached hydrogens (tertiary/aromatic N) is 1. The van der Waals surface area contributed by atoms with Gasteiger partial charge >= 0.3 is 0 Å². The van der Waals surface area contributed by atoms with Crippen molar-refractivity contribution in [1.82, 2.24) is 10.6 Å². The first kappa shape index (κ1) is 21.9. The highest BCUT2D eigenvalue weighted by atomic mass is 35.5. The molecule has 150 valence electrons. The summed E-state index contributed by atoms with van der Waals surface area (Å²) in [6, 6.07) is 12.7. The predicted molar refractivity (Wildman–Crippen MR) is 114 cm³/mol. The molecule has 2 rings (SSSR count). The van der Waals surface area contributed by atoms with Gasteiger partial charge in [0, 0.05) is 16.6 Å². The molecule has 0 aromatic heterocycles. The van der Waals surface area contributed by atoms with E-state index in [1.807, 2.05) is 44.2 Å². The largest absolute Gasteiger partial charge is 0.484 e. The standard InChI is InChI=1S/C20H24Cl2N4O2/c1-3-24-20(26-13(2)17-8-7-15(21)10-18(17)22)25-11-14-5-4-6-16(9-14)28-12-19(23)27/h4-10,13H,3,11-12H2,1-2H3,(H2,23,27)(H2,24,25,26). The average Bonchev–Trinajstić information content (AvgIpc) is 2.65. The number of primary amides is 1. The minimum absolute atomic E-state index is 0.0622. The number of halogens is 2. The second-order valence-electron chi connectivity index (χ2n) is 6.13. The molecule has 2 aromatic carbocycles. The van der Waals surface area contributed by atoms with E-state index in [2.05, 4.69) is 15.6 Å². The number of aliphatic imine (C=N–C) groups is 1. The fraction of sp³-hybridized carbons (Fsp3) is 0.300. The first-order valence-electron chi connectivity index (χ1n) is 8.89. The van der Waals surface area contributed by atoms with E-state index in [4.69, 9.17) is 33.7 Å². The van der Waals surface area contributed by atoms with Gasteiger partial charge in [-0.15, -0.1) is 0 Å². The molecule has 0 heterocycles. The first-order chi connectivity index (χ1) is 13.4. The highest BCUT2D eigenvalue weighted by molar-refractivity contribution is 6.35. The molecule has 4 N–H and O–H groups in total. The smallest absolute Gasteiger partial charge is 0.255 e. The molecule has 1 unspecified atom stereocenters. The van der Waals surface area contributed by atoms with E-state index >= 15 is 0 Å². The SMILES string of the molecule is CCNC(=NCc1cccc(OCC(N)=O)c1)NC(C)c1ccc(Cl)cc1Cl. The second kappa shape index (κ2) is 10.8. The van der Waals surface area contributed by atoms with E-state index in [1.54, 1.807) is 12.1 Å². The van der Waals surface area contributed by atoms with Gasteiger partial charge in [0.15, 0.2) is 12.6 Å². The van der Waals surface area contributed by atoms with Crippen LogP contribution in [0.2, 0.25) is 10.0 Å². The van der Waals surface area contributed by atoms with E-state index in [0.717, 1.165) is 11.1 Å². The Morgan fingerprint density at radius 1 is 1.25 bits per heavy atom. The van der Waals surface area contributed by atoms with Crippen molar-refractivity contribution in [2.75, 3.05) is 13.2 Å². The van der Waals surface area contributed by atoms with Gasteiger partial charge in [-0.1, -0.05) is 41.4 Å². The first-order valence-corrected chi connectivity index (χ1v) is 9.64. The Balaban J connectivity index is 2.07. The molecule has 0 fully saturated rings. The molecular weight excluding hydrogens is 399 g/mol.